The molecule has 0 aromatic carbocycles. The minimum Gasteiger partial charge on any atom is -0.396 e. The average molecular weight is 252 g/mol. The van der Waals surface area contributed by atoms with Gasteiger partial charge < -0.3 is 15.4 Å². The molecule has 1 aliphatic rings. The first-order valence-corrected chi connectivity index (χ1v) is 6.18. The van der Waals surface area contributed by atoms with Crippen molar-refractivity contribution in [1.82, 2.24) is 14.7 Å². The number of nitrogens with two attached hydrogens (primary N) is 1. The Hall–Kier alpha value is -1.56. The summed E-state index contributed by atoms with van der Waals surface area (Å²) in [6.45, 7) is 8.29. The van der Waals surface area contributed by atoms with E-state index in [1.807, 2.05) is 20.8 Å². The van der Waals surface area contributed by atoms with Crippen LogP contribution in [-0.2, 0) is 11.3 Å². The molecule has 2 rings (SSSR count). The van der Waals surface area contributed by atoms with Crippen molar-refractivity contribution in [2.24, 2.45) is 0 Å². The van der Waals surface area contributed by atoms with E-state index in [0.717, 1.165) is 0 Å². The van der Waals surface area contributed by atoms with E-state index in [0.29, 0.717) is 37.7 Å². The second-order valence-corrected chi connectivity index (χ2v) is 5.11. The van der Waals surface area contributed by atoms with Gasteiger partial charge in [0.15, 0.2) is 5.69 Å². The molecular formula is C12H20N4O2. The third kappa shape index (κ3) is 2.20. The van der Waals surface area contributed by atoms with E-state index in [9.17, 15) is 4.79 Å². The summed E-state index contributed by atoms with van der Waals surface area (Å²) in [5.74, 6) is -0.118. The maximum absolute atomic E-state index is 12.5. The van der Waals surface area contributed by atoms with Gasteiger partial charge in [-0.3, -0.25) is 9.48 Å². The summed E-state index contributed by atoms with van der Waals surface area (Å²) in [5.41, 5.74) is 6.30. The van der Waals surface area contributed by atoms with Gasteiger partial charge in [-0.15, -0.1) is 0 Å². The lowest BCUT2D eigenvalue weighted by Gasteiger charge is -2.41. The lowest BCUT2D eigenvalue weighted by atomic mass is 10.0. The summed E-state index contributed by atoms with van der Waals surface area (Å²) in [4.78, 5) is 14.3. The molecule has 18 heavy (non-hydrogen) atoms. The summed E-state index contributed by atoms with van der Waals surface area (Å²) in [6, 6.07) is 0. The van der Waals surface area contributed by atoms with Crippen molar-refractivity contribution < 1.29 is 9.53 Å². The smallest absolute Gasteiger partial charge is 0.277 e. The highest BCUT2D eigenvalue weighted by Crippen LogP contribution is 2.23. The van der Waals surface area contributed by atoms with Crippen molar-refractivity contribution in [3.63, 3.8) is 0 Å². The SMILES string of the molecule is CCn1cc(N)c(C(=O)N2CCOCC2(C)C)n1. The number of ether oxygens (including phenoxy) is 1. The molecule has 1 amide bonds. The Balaban J connectivity index is 2.27. The largest absolute Gasteiger partial charge is 0.396 e. The van der Waals surface area contributed by atoms with Crippen molar-refractivity contribution in [3.8, 4) is 0 Å². The van der Waals surface area contributed by atoms with E-state index in [1.165, 1.54) is 0 Å². The highest BCUT2D eigenvalue weighted by molar-refractivity contribution is 5.97. The highest BCUT2D eigenvalue weighted by Gasteiger charge is 2.36. The minimum atomic E-state index is -0.322. The van der Waals surface area contributed by atoms with E-state index in [1.54, 1.807) is 15.8 Å². The molecule has 0 spiro atoms. The zero-order valence-corrected chi connectivity index (χ0v) is 11.1. The number of aryl methyl sites for hydroxylation is 1. The molecule has 0 radical (unpaired) electrons. The van der Waals surface area contributed by atoms with Crippen LogP contribution < -0.4 is 5.73 Å². The number of nitrogen functional groups attached to an aromatic ring is 1. The second kappa shape index (κ2) is 4.61. The van der Waals surface area contributed by atoms with Gasteiger partial charge >= 0.3 is 0 Å². The van der Waals surface area contributed by atoms with E-state index >= 15 is 0 Å². The fourth-order valence-electron chi connectivity index (χ4n) is 2.13. The Morgan fingerprint density at radius 2 is 2.33 bits per heavy atom. The van der Waals surface area contributed by atoms with Crippen molar-refractivity contribution in [2.45, 2.75) is 32.9 Å². The monoisotopic (exact) mass is 252 g/mol. The maximum atomic E-state index is 12.5. The standard InChI is InChI=1S/C12H20N4O2/c1-4-15-7-9(13)10(14-15)11(17)16-5-6-18-8-12(16,2)3/h7H,4-6,8,13H2,1-3H3. The van der Waals surface area contributed by atoms with Gasteiger partial charge in [-0.1, -0.05) is 0 Å². The number of anilines is 1. The number of morpholine rings is 1. The Bertz CT molecular complexity index is 453. The number of carbonyl (C=O) groups excluding carboxylic acids is 1. The Labute approximate surface area is 107 Å². The van der Waals surface area contributed by atoms with Crippen molar-refractivity contribution in [2.75, 3.05) is 25.5 Å². The van der Waals surface area contributed by atoms with Crippen LogP contribution in [0.15, 0.2) is 6.20 Å². The minimum absolute atomic E-state index is 0.118. The van der Waals surface area contributed by atoms with Gasteiger partial charge in [-0.05, 0) is 20.8 Å². The molecule has 1 fully saturated rings. The molecule has 1 saturated heterocycles. The second-order valence-electron chi connectivity index (χ2n) is 5.11. The molecule has 2 heterocycles. The van der Waals surface area contributed by atoms with Gasteiger partial charge in [0.25, 0.3) is 5.91 Å². The van der Waals surface area contributed by atoms with Crippen molar-refractivity contribution in [1.29, 1.82) is 0 Å². The van der Waals surface area contributed by atoms with Gasteiger partial charge in [0.1, 0.15) is 0 Å². The van der Waals surface area contributed by atoms with E-state index in [2.05, 4.69) is 5.10 Å². The quantitative estimate of drug-likeness (QED) is 0.842. The van der Waals surface area contributed by atoms with Gasteiger partial charge in [0.2, 0.25) is 0 Å². The molecule has 100 valence electrons. The molecule has 0 atom stereocenters. The highest BCUT2D eigenvalue weighted by atomic mass is 16.5. The first-order chi connectivity index (χ1) is 8.45. The Morgan fingerprint density at radius 3 is 2.89 bits per heavy atom. The van der Waals surface area contributed by atoms with Crippen LogP contribution in [0.3, 0.4) is 0 Å². The molecule has 0 saturated carbocycles. The number of nitrogens with zero attached hydrogens (tertiary/aromatic N) is 3. The van der Waals surface area contributed by atoms with Crippen LogP contribution in [0, 0.1) is 0 Å². The van der Waals surface area contributed by atoms with Crippen LogP contribution in [-0.4, -0.2) is 45.9 Å². The molecule has 1 aromatic heterocycles. The summed E-state index contributed by atoms with van der Waals surface area (Å²) in [5, 5.41) is 4.23. The molecular weight excluding hydrogens is 232 g/mol. The van der Waals surface area contributed by atoms with E-state index in [-0.39, 0.29) is 11.4 Å². The van der Waals surface area contributed by atoms with Crippen LogP contribution in [0.4, 0.5) is 5.69 Å². The van der Waals surface area contributed by atoms with Gasteiger partial charge in [0.05, 0.1) is 24.4 Å². The molecule has 2 N–H and O–H groups in total. The zero-order valence-electron chi connectivity index (χ0n) is 11.1. The van der Waals surface area contributed by atoms with E-state index in [4.69, 9.17) is 10.5 Å². The van der Waals surface area contributed by atoms with Crippen LogP contribution in [0.25, 0.3) is 0 Å². The third-order valence-corrected chi connectivity index (χ3v) is 3.21. The Kier molecular flexibility index (Phi) is 3.30. The molecule has 1 aliphatic heterocycles. The number of hydrogen-bond acceptors (Lipinski definition) is 4. The third-order valence-electron chi connectivity index (χ3n) is 3.21. The summed E-state index contributed by atoms with van der Waals surface area (Å²) >= 11 is 0. The van der Waals surface area contributed by atoms with Crippen LogP contribution >= 0.6 is 0 Å². The van der Waals surface area contributed by atoms with Crippen molar-refractivity contribution in [3.05, 3.63) is 11.9 Å². The van der Waals surface area contributed by atoms with Gasteiger partial charge in [0, 0.05) is 19.3 Å². The normalized spacial score (nSPS) is 18.9. The zero-order chi connectivity index (χ0) is 13.3. The molecule has 1 aromatic rings. The first-order valence-electron chi connectivity index (χ1n) is 6.18. The maximum Gasteiger partial charge on any atom is 0.277 e. The van der Waals surface area contributed by atoms with E-state index < -0.39 is 0 Å². The van der Waals surface area contributed by atoms with Crippen LogP contribution in [0.1, 0.15) is 31.3 Å². The molecule has 0 bridgehead atoms. The number of hydrogen-bond donors (Lipinski definition) is 1. The lowest BCUT2D eigenvalue weighted by Crippen LogP contribution is -2.55. The van der Waals surface area contributed by atoms with Gasteiger partial charge in [-0.25, -0.2) is 0 Å². The topological polar surface area (TPSA) is 73.4 Å². The summed E-state index contributed by atoms with van der Waals surface area (Å²) < 4.78 is 7.08. The number of amides is 1. The summed E-state index contributed by atoms with van der Waals surface area (Å²) in [6.07, 6.45) is 1.70. The first kappa shape index (κ1) is 12.9. The summed E-state index contributed by atoms with van der Waals surface area (Å²) in [7, 11) is 0. The predicted octanol–water partition coefficient (Wildman–Crippen LogP) is 0.736. The fourth-order valence-corrected chi connectivity index (χ4v) is 2.13. The number of aromatic nitrogens is 2. The van der Waals surface area contributed by atoms with Crippen molar-refractivity contribution >= 4 is 11.6 Å². The molecule has 6 heteroatoms. The Morgan fingerprint density at radius 1 is 1.61 bits per heavy atom. The lowest BCUT2D eigenvalue weighted by molar-refractivity contribution is -0.0373. The van der Waals surface area contributed by atoms with Crippen LogP contribution in [0.2, 0.25) is 0 Å². The molecule has 0 unspecified atom stereocenters. The molecule has 0 aliphatic carbocycles. The number of carbonyl (C=O) groups is 1. The fraction of sp³-hybridized carbons (Fsp3) is 0.667. The predicted molar refractivity (Wildman–Crippen MR) is 68.2 cm³/mol. The molecule has 6 nitrogen and oxygen atoms in total. The number of rotatable bonds is 2. The van der Waals surface area contributed by atoms with Crippen LogP contribution in [0.5, 0.6) is 0 Å². The van der Waals surface area contributed by atoms with Gasteiger partial charge in [-0.2, -0.15) is 5.10 Å². The average Bonchev–Trinajstić information content (AvgIpc) is 2.69.